The van der Waals surface area contributed by atoms with Crippen LogP contribution in [0.15, 0.2) is 18.2 Å². The first kappa shape index (κ1) is 12.0. The maximum Gasteiger partial charge on any atom is 0.166 e. The van der Waals surface area contributed by atoms with Crippen LogP contribution in [0.2, 0.25) is 0 Å². The van der Waals surface area contributed by atoms with E-state index in [2.05, 4.69) is 27.9 Å². The number of rotatable bonds is 2. The lowest BCUT2D eigenvalue weighted by atomic mass is 10.2. The minimum atomic E-state index is -0.279. The topological polar surface area (TPSA) is 21.3 Å². The summed E-state index contributed by atoms with van der Waals surface area (Å²) in [6.07, 6.45) is 0.134. The largest absolute Gasteiger partial charge is 0.485 e. The van der Waals surface area contributed by atoms with Crippen LogP contribution in [-0.4, -0.2) is 19.2 Å². The quantitative estimate of drug-likeness (QED) is 0.840. The Hall–Kier alpha value is -0.0700. The van der Waals surface area contributed by atoms with Crippen molar-refractivity contribution >= 4 is 35.0 Å². The van der Waals surface area contributed by atoms with Gasteiger partial charge in [-0.2, -0.15) is 0 Å². The van der Waals surface area contributed by atoms with E-state index >= 15 is 0 Å². The summed E-state index contributed by atoms with van der Waals surface area (Å²) in [5.74, 6) is 0.0747. The van der Waals surface area contributed by atoms with Crippen LogP contribution in [0.25, 0.3) is 0 Å². The molecule has 0 saturated carbocycles. The van der Waals surface area contributed by atoms with Crippen molar-refractivity contribution in [1.82, 2.24) is 5.32 Å². The predicted molar refractivity (Wildman–Crippen MR) is 63.7 cm³/mol. The Morgan fingerprint density at radius 2 is 2.14 bits per heavy atom. The van der Waals surface area contributed by atoms with E-state index < -0.39 is 0 Å². The van der Waals surface area contributed by atoms with Gasteiger partial charge in [0.25, 0.3) is 0 Å². The zero-order valence-corrected chi connectivity index (χ0v) is 10.3. The molecule has 0 radical (unpaired) electrons. The van der Waals surface area contributed by atoms with Crippen molar-refractivity contribution < 1.29 is 9.13 Å². The minimum absolute atomic E-state index is 0. The van der Waals surface area contributed by atoms with E-state index in [1.807, 2.05) is 6.07 Å². The third-order valence-corrected chi connectivity index (χ3v) is 2.60. The first-order chi connectivity index (χ1) is 6.25. The molecule has 1 fully saturated rings. The standard InChI is InChI=1S/C9H9FINO.ClH/c10-8-3-6(11)1-2-9(8)13-7-4-12-5-7;/h1-3,7,12H,4-5H2;1H. The summed E-state index contributed by atoms with van der Waals surface area (Å²) in [7, 11) is 0. The monoisotopic (exact) mass is 329 g/mol. The van der Waals surface area contributed by atoms with E-state index in [0.717, 1.165) is 16.7 Å². The van der Waals surface area contributed by atoms with Crippen LogP contribution in [0.4, 0.5) is 4.39 Å². The van der Waals surface area contributed by atoms with Crippen LogP contribution in [0.3, 0.4) is 0 Å². The first-order valence-corrected chi connectivity index (χ1v) is 5.16. The smallest absolute Gasteiger partial charge is 0.166 e. The van der Waals surface area contributed by atoms with Crippen molar-refractivity contribution in [1.29, 1.82) is 0 Å². The van der Waals surface area contributed by atoms with Gasteiger partial charge < -0.3 is 10.1 Å². The molecule has 0 spiro atoms. The number of nitrogens with one attached hydrogen (secondary N) is 1. The summed E-state index contributed by atoms with van der Waals surface area (Å²) in [5, 5.41) is 3.06. The van der Waals surface area contributed by atoms with Crippen molar-refractivity contribution in [3.8, 4) is 5.75 Å². The third kappa shape index (κ3) is 2.71. The molecule has 1 aromatic carbocycles. The van der Waals surface area contributed by atoms with Crippen LogP contribution in [0.5, 0.6) is 5.75 Å². The van der Waals surface area contributed by atoms with Crippen molar-refractivity contribution in [2.24, 2.45) is 0 Å². The van der Waals surface area contributed by atoms with E-state index in [1.165, 1.54) is 6.07 Å². The summed E-state index contributed by atoms with van der Waals surface area (Å²) in [4.78, 5) is 0. The van der Waals surface area contributed by atoms with Crippen molar-refractivity contribution in [3.63, 3.8) is 0 Å². The second-order valence-electron chi connectivity index (χ2n) is 2.97. The lowest BCUT2D eigenvalue weighted by molar-refractivity contribution is 0.136. The molecule has 0 amide bonds. The molecule has 5 heteroatoms. The number of ether oxygens (including phenoxy) is 1. The summed E-state index contributed by atoms with van der Waals surface area (Å²) in [6.45, 7) is 1.62. The Balaban J connectivity index is 0.000000980. The molecule has 1 heterocycles. The highest BCUT2D eigenvalue weighted by molar-refractivity contribution is 14.1. The van der Waals surface area contributed by atoms with Gasteiger partial charge in [-0.1, -0.05) is 0 Å². The van der Waals surface area contributed by atoms with E-state index in [1.54, 1.807) is 6.07 Å². The van der Waals surface area contributed by atoms with Crippen LogP contribution in [0.1, 0.15) is 0 Å². The van der Waals surface area contributed by atoms with Crippen LogP contribution in [0, 0.1) is 9.39 Å². The van der Waals surface area contributed by atoms with Gasteiger partial charge in [0.15, 0.2) is 11.6 Å². The summed E-state index contributed by atoms with van der Waals surface area (Å²) in [5.41, 5.74) is 0. The van der Waals surface area contributed by atoms with Crippen LogP contribution in [-0.2, 0) is 0 Å². The van der Waals surface area contributed by atoms with Gasteiger partial charge in [0.05, 0.1) is 0 Å². The molecule has 1 N–H and O–H groups in total. The van der Waals surface area contributed by atoms with Gasteiger partial charge in [0.1, 0.15) is 6.10 Å². The van der Waals surface area contributed by atoms with Gasteiger partial charge in [0, 0.05) is 16.7 Å². The van der Waals surface area contributed by atoms with E-state index in [4.69, 9.17) is 4.74 Å². The zero-order valence-electron chi connectivity index (χ0n) is 7.30. The second kappa shape index (κ2) is 5.14. The van der Waals surface area contributed by atoms with E-state index in [-0.39, 0.29) is 24.3 Å². The van der Waals surface area contributed by atoms with Gasteiger partial charge in [-0.15, -0.1) is 12.4 Å². The number of hydrogen-bond acceptors (Lipinski definition) is 2. The third-order valence-electron chi connectivity index (χ3n) is 1.93. The van der Waals surface area contributed by atoms with Crippen LogP contribution >= 0.6 is 35.0 Å². The molecule has 0 bridgehead atoms. The van der Waals surface area contributed by atoms with Gasteiger partial charge in [-0.05, 0) is 40.8 Å². The van der Waals surface area contributed by atoms with Gasteiger partial charge >= 0.3 is 0 Å². The second-order valence-corrected chi connectivity index (χ2v) is 4.22. The Labute approximate surface area is 102 Å². The molecule has 14 heavy (non-hydrogen) atoms. The molecule has 2 nitrogen and oxygen atoms in total. The Bertz CT molecular complexity index is 320. The molecule has 78 valence electrons. The molecule has 2 rings (SSSR count). The maximum absolute atomic E-state index is 13.2. The normalized spacial score (nSPS) is 15.6. The average molecular weight is 330 g/mol. The highest BCUT2D eigenvalue weighted by Crippen LogP contribution is 2.21. The molecular formula is C9H10ClFINO. The van der Waals surface area contributed by atoms with Crippen molar-refractivity contribution in [3.05, 3.63) is 27.6 Å². The average Bonchev–Trinajstić information content (AvgIpc) is 1.99. The fourth-order valence-corrected chi connectivity index (χ4v) is 1.55. The molecule has 0 unspecified atom stereocenters. The zero-order chi connectivity index (χ0) is 9.26. The summed E-state index contributed by atoms with van der Waals surface area (Å²) in [6, 6.07) is 4.99. The molecule has 0 aromatic heterocycles. The fraction of sp³-hybridized carbons (Fsp3) is 0.333. The predicted octanol–water partition coefficient (Wildman–Crippen LogP) is 2.20. The molecule has 1 aromatic rings. The first-order valence-electron chi connectivity index (χ1n) is 4.08. The van der Waals surface area contributed by atoms with Gasteiger partial charge in [0.2, 0.25) is 0 Å². The van der Waals surface area contributed by atoms with E-state index in [9.17, 15) is 4.39 Å². The van der Waals surface area contributed by atoms with Crippen molar-refractivity contribution in [2.75, 3.05) is 13.1 Å². The highest BCUT2D eigenvalue weighted by Gasteiger charge is 2.19. The Kier molecular flexibility index (Phi) is 4.40. The van der Waals surface area contributed by atoms with Crippen LogP contribution < -0.4 is 10.1 Å². The molecule has 1 aliphatic rings. The lowest BCUT2D eigenvalue weighted by Gasteiger charge is -2.27. The fourth-order valence-electron chi connectivity index (χ4n) is 1.10. The van der Waals surface area contributed by atoms with Gasteiger partial charge in [-0.25, -0.2) is 4.39 Å². The lowest BCUT2D eigenvalue weighted by Crippen LogP contribution is -2.50. The highest BCUT2D eigenvalue weighted by atomic mass is 127. The van der Waals surface area contributed by atoms with E-state index in [0.29, 0.717) is 5.75 Å². The van der Waals surface area contributed by atoms with Gasteiger partial charge in [-0.3, -0.25) is 0 Å². The Morgan fingerprint density at radius 1 is 1.43 bits per heavy atom. The SMILES string of the molecule is Cl.Fc1cc(I)ccc1OC1CNC1. The Morgan fingerprint density at radius 3 is 2.64 bits per heavy atom. The maximum atomic E-state index is 13.2. The molecule has 0 atom stereocenters. The summed E-state index contributed by atoms with van der Waals surface area (Å²) < 4.78 is 19.5. The molecule has 1 aliphatic heterocycles. The minimum Gasteiger partial charge on any atom is -0.485 e. The number of hydrogen-bond donors (Lipinski definition) is 1. The molecule has 0 aliphatic carbocycles. The summed E-state index contributed by atoms with van der Waals surface area (Å²) >= 11 is 2.07. The molecular weight excluding hydrogens is 319 g/mol. The number of halogens is 3. The number of benzene rings is 1. The molecule has 1 saturated heterocycles. The van der Waals surface area contributed by atoms with Crippen molar-refractivity contribution in [2.45, 2.75) is 6.10 Å².